The lowest BCUT2D eigenvalue weighted by molar-refractivity contribution is -0.122. The number of alkyl carbamates (subject to hydrolysis) is 1. The van der Waals surface area contributed by atoms with Crippen molar-refractivity contribution < 1.29 is 19.1 Å². The molecule has 0 aliphatic heterocycles. The first-order valence-electron chi connectivity index (χ1n) is 6.90. The number of hydrogen-bond donors (Lipinski definition) is 2. The Bertz CT molecular complexity index is 545. The molecule has 2 N–H and O–H groups in total. The largest absolute Gasteiger partial charge is 0.453 e. The van der Waals surface area contributed by atoms with Gasteiger partial charge in [0.1, 0.15) is 0 Å². The van der Waals surface area contributed by atoms with Gasteiger partial charge in [-0.15, -0.1) is 0 Å². The number of likely N-dealkylation sites (N-methyl/N-ethyl adjacent to an activating group) is 1. The van der Waals surface area contributed by atoms with E-state index in [0.29, 0.717) is 0 Å². The number of anilines is 1. The molecule has 0 unspecified atom stereocenters. The van der Waals surface area contributed by atoms with E-state index in [2.05, 4.69) is 10.1 Å². The number of carbonyl (C=O) groups excluding carboxylic acids is 3. The van der Waals surface area contributed by atoms with E-state index in [9.17, 15) is 14.4 Å². The highest BCUT2D eigenvalue weighted by Gasteiger charge is 2.13. The number of methoxy groups -OCH3 is 1. The number of imide groups is 1. The summed E-state index contributed by atoms with van der Waals surface area (Å²) in [6.07, 6.45) is -0.00638. The predicted octanol–water partition coefficient (Wildman–Crippen LogP) is 1.00. The number of para-hydroxylation sites is 1. The van der Waals surface area contributed by atoms with Gasteiger partial charge in [-0.1, -0.05) is 25.1 Å². The SMILES string of the molecule is CCc1ccccc1NC(=O)CN(C)CC(=O)NC(=O)OC. The van der Waals surface area contributed by atoms with Crippen molar-refractivity contribution >= 4 is 23.6 Å². The molecule has 1 aromatic rings. The third kappa shape index (κ3) is 5.92. The monoisotopic (exact) mass is 307 g/mol. The highest BCUT2D eigenvalue weighted by Crippen LogP contribution is 2.15. The zero-order valence-electron chi connectivity index (χ0n) is 13.0. The van der Waals surface area contributed by atoms with Crippen LogP contribution in [-0.2, 0) is 20.7 Å². The van der Waals surface area contributed by atoms with Gasteiger partial charge in [0.15, 0.2) is 0 Å². The van der Waals surface area contributed by atoms with Crippen molar-refractivity contribution in [1.29, 1.82) is 0 Å². The predicted molar refractivity (Wildman–Crippen MR) is 82.5 cm³/mol. The molecule has 1 aromatic carbocycles. The van der Waals surface area contributed by atoms with Crippen LogP contribution in [0.25, 0.3) is 0 Å². The average Bonchev–Trinajstić information content (AvgIpc) is 2.46. The molecular weight excluding hydrogens is 286 g/mol. The molecule has 22 heavy (non-hydrogen) atoms. The van der Waals surface area contributed by atoms with Crippen LogP contribution in [-0.4, -0.2) is 50.1 Å². The van der Waals surface area contributed by atoms with Gasteiger partial charge in [0.2, 0.25) is 11.8 Å². The Balaban J connectivity index is 2.47. The Hall–Kier alpha value is -2.41. The summed E-state index contributed by atoms with van der Waals surface area (Å²) in [6.45, 7) is 1.96. The normalized spacial score (nSPS) is 10.2. The van der Waals surface area contributed by atoms with Gasteiger partial charge in [-0.3, -0.25) is 19.8 Å². The zero-order valence-corrected chi connectivity index (χ0v) is 13.0. The van der Waals surface area contributed by atoms with Gasteiger partial charge in [-0.05, 0) is 25.1 Å². The topological polar surface area (TPSA) is 87.7 Å². The first-order chi connectivity index (χ1) is 10.5. The summed E-state index contributed by atoms with van der Waals surface area (Å²) in [7, 11) is 2.78. The Morgan fingerprint density at radius 3 is 2.41 bits per heavy atom. The van der Waals surface area contributed by atoms with Crippen LogP contribution in [0.5, 0.6) is 0 Å². The van der Waals surface area contributed by atoms with Crippen molar-refractivity contribution in [2.45, 2.75) is 13.3 Å². The molecule has 0 heterocycles. The van der Waals surface area contributed by atoms with Gasteiger partial charge in [-0.25, -0.2) is 4.79 Å². The van der Waals surface area contributed by atoms with Crippen LogP contribution in [0.15, 0.2) is 24.3 Å². The summed E-state index contributed by atoms with van der Waals surface area (Å²) in [5, 5.41) is 4.84. The van der Waals surface area contributed by atoms with E-state index in [1.165, 1.54) is 12.0 Å². The van der Waals surface area contributed by atoms with Gasteiger partial charge in [0, 0.05) is 5.69 Å². The van der Waals surface area contributed by atoms with Crippen molar-refractivity contribution in [3.05, 3.63) is 29.8 Å². The molecular formula is C15H21N3O4. The molecule has 0 aliphatic carbocycles. The highest BCUT2D eigenvalue weighted by atomic mass is 16.5. The van der Waals surface area contributed by atoms with Crippen molar-refractivity contribution in [2.24, 2.45) is 0 Å². The molecule has 0 saturated heterocycles. The third-order valence-electron chi connectivity index (χ3n) is 2.93. The summed E-state index contributed by atoms with van der Waals surface area (Å²) in [4.78, 5) is 35.8. The number of carbonyl (C=O) groups is 3. The van der Waals surface area contributed by atoms with Crippen LogP contribution in [0.3, 0.4) is 0 Å². The second-order valence-corrected chi connectivity index (χ2v) is 4.77. The third-order valence-corrected chi connectivity index (χ3v) is 2.93. The second kappa shape index (κ2) is 8.78. The second-order valence-electron chi connectivity index (χ2n) is 4.77. The zero-order chi connectivity index (χ0) is 16.5. The van der Waals surface area contributed by atoms with Crippen molar-refractivity contribution in [1.82, 2.24) is 10.2 Å². The molecule has 0 aromatic heterocycles. The van der Waals surface area contributed by atoms with Gasteiger partial charge in [0.05, 0.1) is 20.2 Å². The maximum absolute atomic E-state index is 12.0. The van der Waals surface area contributed by atoms with Gasteiger partial charge >= 0.3 is 6.09 Å². The number of aryl methyl sites for hydroxylation is 1. The maximum atomic E-state index is 12.0. The molecule has 7 heteroatoms. The molecule has 0 bridgehead atoms. The van der Waals surface area contributed by atoms with E-state index in [4.69, 9.17) is 0 Å². The molecule has 0 fully saturated rings. The number of nitrogens with one attached hydrogen (secondary N) is 2. The fourth-order valence-electron chi connectivity index (χ4n) is 1.89. The Morgan fingerprint density at radius 1 is 1.14 bits per heavy atom. The lowest BCUT2D eigenvalue weighted by Gasteiger charge is -2.16. The van der Waals surface area contributed by atoms with Crippen LogP contribution in [0.4, 0.5) is 10.5 Å². The first-order valence-corrected chi connectivity index (χ1v) is 6.90. The summed E-state index contributed by atoms with van der Waals surface area (Å²) in [5.74, 6) is -0.759. The standard InChI is InChI=1S/C15H21N3O4/c1-4-11-7-5-6-8-12(11)16-13(19)9-18(2)10-14(20)17-15(21)22-3/h5-8H,4,9-10H2,1-3H3,(H,16,19)(H,17,20,21). The van der Waals surface area contributed by atoms with E-state index in [-0.39, 0.29) is 19.0 Å². The molecule has 7 nitrogen and oxygen atoms in total. The van der Waals surface area contributed by atoms with Crippen molar-refractivity contribution in [3.63, 3.8) is 0 Å². The number of nitrogens with zero attached hydrogens (tertiary/aromatic N) is 1. The molecule has 0 spiro atoms. The molecule has 1 rings (SSSR count). The maximum Gasteiger partial charge on any atom is 0.413 e. The number of ether oxygens (including phenoxy) is 1. The Labute approximate surface area is 129 Å². The lowest BCUT2D eigenvalue weighted by atomic mass is 10.1. The van der Waals surface area contributed by atoms with Crippen molar-refractivity contribution in [3.8, 4) is 0 Å². The lowest BCUT2D eigenvalue weighted by Crippen LogP contribution is -2.41. The molecule has 0 radical (unpaired) electrons. The van der Waals surface area contributed by atoms with Crippen molar-refractivity contribution in [2.75, 3.05) is 32.6 Å². The fraction of sp³-hybridized carbons (Fsp3) is 0.400. The molecule has 120 valence electrons. The molecule has 0 aliphatic rings. The minimum Gasteiger partial charge on any atom is -0.453 e. The Kier molecular flexibility index (Phi) is 7.04. The van der Waals surface area contributed by atoms with E-state index in [1.54, 1.807) is 7.05 Å². The van der Waals surface area contributed by atoms with E-state index < -0.39 is 12.0 Å². The first kappa shape index (κ1) is 17.6. The number of hydrogen-bond acceptors (Lipinski definition) is 5. The number of rotatable bonds is 6. The minimum atomic E-state index is -0.820. The summed E-state index contributed by atoms with van der Waals surface area (Å²) >= 11 is 0. The quantitative estimate of drug-likeness (QED) is 0.818. The van der Waals surface area contributed by atoms with Crippen LogP contribution in [0.1, 0.15) is 12.5 Å². The summed E-state index contributed by atoms with van der Waals surface area (Å²) < 4.78 is 4.32. The highest BCUT2D eigenvalue weighted by molar-refractivity contribution is 5.95. The summed E-state index contributed by atoms with van der Waals surface area (Å²) in [5.41, 5.74) is 1.81. The van der Waals surface area contributed by atoms with Crippen LogP contribution >= 0.6 is 0 Å². The smallest absolute Gasteiger partial charge is 0.413 e. The van der Waals surface area contributed by atoms with Crippen LogP contribution in [0, 0.1) is 0 Å². The molecule has 3 amide bonds. The number of amides is 3. The van der Waals surface area contributed by atoms with E-state index >= 15 is 0 Å². The van der Waals surface area contributed by atoms with Crippen LogP contribution < -0.4 is 10.6 Å². The van der Waals surface area contributed by atoms with E-state index in [1.807, 2.05) is 36.5 Å². The molecule has 0 atom stereocenters. The van der Waals surface area contributed by atoms with Gasteiger partial charge in [0.25, 0.3) is 0 Å². The molecule has 0 saturated carbocycles. The van der Waals surface area contributed by atoms with Gasteiger partial charge in [-0.2, -0.15) is 0 Å². The Morgan fingerprint density at radius 2 is 1.77 bits per heavy atom. The van der Waals surface area contributed by atoms with Crippen LogP contribution in [0.2, 0.25) is 0 Å². The fourth-order valence-corrected chi connectivity index (χ4v) is 1.89. The minimum absolute atomic E-state index is 0.0344. The van der Waals surface area contributed by atoms with E-state index in [0.717, 1.165) is 17.7 Å². The summed E-state index contributed by atoms with van der Waals surface area (Å²) in [6, 6.07) is 7.55. The van der Waals surface area contributed by atoms with Gasteiger partial charge < -0.3 is 10.1 Å². The average molecular weight is 307 g/mol. The number of benzene rings is 1.